The number of benzene rings is 7. The summed E-state index contributed by atoms with van der Waals surface area (Å²) < 4.78 is 17.6. The molecule has 10 rings (SSSR count). The summed E-state index contributed by atoms with van der Waals surface area (Å²) >= 11 is 3.43. The highest BCUT2D eigenvalue weighted by molar-refractivity contribution is 9.10. The van der Waals surface area contributed by atoms with Crippen molar-refractivity contribution in [3.05, 3.63) is 150 Å². The molecule has 3 atom stereocenters. The molecule has 3 aliphatic rings. The number of hydrogen-bond donors (Lipinski definition) is 2. The molecule has 78 heavy (non-hydrogen) atoms. The topological polar surface area (TPSA) is 95.8 Å². The van der Waals surface area contributed by atoms with Gasteiger partial charge in [-0.05, 0) is 192 Å². The molecule has 3 N–H and O–H groups in total. The van der Waals surface area contributed by atoms with Crippen molar-refractivity contribution in [1.29, 1.82) is 0 Å². The van der Waals surface area contributed by atoms with E-state index in [1.165, 1.54) is 118 Å². The quantitative estimate of drug-likeness (QED) is 0.0865. The van der Waals surface area contributed by atoms with Crippen molar-refractivity contribution in [2.45, 2.75) is 116 Å². The number of anilines is 2. The van der Waals surface area contributed by atoms with Crippen LogP contribution in [0.3, 0.4) is 0 Å². The molecule has 0 radical (unpaired) electrons. The fraction of sp³-hybridized carbons (Fsp3) is 0.448. The van der Waals surface area contributed by atoms with Crippen LogP contribution in [0.1, 0.15) is 108 Å². The number of hydrogen-bond acceptors (Lipinski definition) is 9. The van der Waals surface area contributed by atoms with Gasteiger partial charge in [-0.15, -0.1) is 0 Å². The summed E-state index contributed by atoms with van der Waals surface area (Å²) in [6.45, 7) is 16.7. The number of ether oxygens (including phenoxy) is 3. The number of piperidine rings is 3. The normalized spacial score (nSPS) is 17.9. The van der Waals surface area contributed by atoms with Gasteiger partial charge in [0, 0.05) is 65.7 Å². The third-order valence-electron chi connectivity index (χ3n) is 15.9. The Labute approximate surface area is 475 Å². The largest absolute Gasteiger partial charge is 0.493 e. The lowest BCUT2D eigenvalue weighted by Crippen LogP contribution is -2.40. The van der Waals surface area contributed by atoms with E-state index in [0.717, 1.165) is 72.0 Å². The minimum atomic E-state index is -0.0915. The zero-order valence-electron chi connectivity index (χ0n) is 47.7. The molecule has 11 heteroatoms. The van der Waals surface area contributed by atoms with Gasteiger partial charge in [0.25, 0.3) is 5.91 Å². The molecule has 3 fully saturated rings. The lowest BCUT2D eigenvalue weighted by Gasteiger charge is -2.34. The lowest BCUT2D eigenvalue weighted by molar-refractivity contribution is 0.0983. The smallest absolute Gasteiger partial charge is 0.258 e. The molecule has 418 valence electrons. The van der Waals surface area contributed by atoms with Crippen molar-refractivity contribution >= 4 is 65.5 Å². The van der Waals surface area contributed by atoms with Crippen molar-refractivity contribution < 1.29 is 19.0 Å². The first-order chi connectivity index (χ1) is 38.1. The van der Waals surface area contributed by atoms with Crippen LogP contribution < -0.4 is 30.2 Å². The monoisotopic (exact) mass is 1120 g/mol. The number of carbonyl (C=O) groups excluding carboxylic acids is 1. The average molecular weight is 1120 g/mol. The van der Waals surface area contributed by atoms with Gasteiger partial charge in [-0.2, -0.15) is 0 Å². The van der Waals surface area contributed by atoms with Gasteiger partial charge in [-0.25, -0.2) is 0 Å². The zero-order chi connectivity index (χ0) is 55.1. The van der Waals surface area contributed by atoms with Crippen LogP contribution in [0.15, 0.2) is 144 Å². The van der Waals surface area contributed by atoms with Crippen molar-refractivity contribution in [2.75, 3.05) is 90.4 Å². The fourth-order valence-electron chi connectivity index (χ4n) is 11.2. The molecule has 0 spiro atoms. The Bertz CT molecular complexity index is 2890. The molecule has 3 saturated heterocycles. The number of likely N-dealkylation sites (tertiary alicyclic amines) is 3. The van der Waals surface area contributed by atoms with E-state index in [9.17, 15) is 4.79 Å². The van der Waals surface area contributed by atoms with Gasteiger partial charge in [0.15, 0.2) is 11.5 Å². The van der Waals surface area contributed by atoms with Crippen LogP contribution in [-0.2, 0) is 0 Å². The molecule has 0 aromatic heterocycles. The van der Waals surface area contributed by atoms with Gasteiger partial charge < -0.3 is 44.9 Å². The molecule has 0 aliphatic carbocycles. The Morgan fingerprint density at radius 1 is 0.551 bits per heavy atom. The summed E-state index contributed by atoms with van der Waals surface area (Å²) in [4.78, 5) is 23.6. The Morgan fingerprint density at radius 2 is 1.01 bits per heavy atom. The molecular weight excluding hydrogens is 1030 g/mol. The number of fused-ring (bicyclic) bond motifs is 3. The predicted octanol–water partition coefficient (Wildman–Crippen LogP) is 15.1. The third-order valence-corrected chi connectivity index (χ3v) is 16.4. The van der Waals surface area contributed by atoms with Gasteiger partial charge >= 0.3 is 0 Å². The standard InChI is InChI=1S/C29H36N2O4.C19H26N2.C10H7Br.C9H20N2/c1-21-10-7-8-15-30(21)16-9-17-31(25-14-13-22-11-5-6-12-23(22)18-25)29(32)24-19-26(33-2)28(35-4)27(20-24)34-3;1-16-7-4-5-13-21(16)14-6-12-20-19-11-10-17-8-2-3-9-18(17)15-19;11-10-6-5-8-3-1-2-4-9(8)7-10;1-9-5-2-3-7-11(9)8-4-6-10/h5-6,11-14,18-21H,7-10,15-17H2,1-4H3;2-3,8-11,15-16,20H,4-7,12-14H2,1H3;1-7H;9H,2-8,10H2,1H3. The van der Waals surface area contributed by atoms with Crippen LogP contribution in [0, 0.1) is 0 Å². The number of carbonyl (C=O) groups is 1. The minimum Gasteiger partial charge on any atom is -0.493 e. The number of rotatable bonds is 17. The van der Waals surface area contributed by atoms with Crippen LogP contribution in [0.25, 0.3) is 32.3 Å². The number of methoxy groups -OCH3 is 3. The summed E-state index contributed by atoms with van der Waals surface area (Å²) in [6.07, 6.45) is 15.4. The van der Waals surface area contributed by atoms with Crippen LogP contribution in [0.4, 0.5) is 11.4 Å². The first-order valence-corrected chi connectivity index (χ1v) is 29.8. The van der Waals surface area contributed by atoms with Gasteiger partial charge in [0.1, 0.15) is 0 Å². The Morgan fingerprint density at radius 3 is 1.51 bits per heavy atom. The Kier molecular flexibility index (Phi) is 24.4. The molecule has 3 unspecified atom stereocenters. The lowest BCUT2D eigenvalue weighted by atomic mass is 10.0. The number of nitrogens with zero attached hydrogens (tertiary/aromatic N) is 4. The van der Waals surface area contributed by atoms with Crippen LogP contribution in [-0.4, -0.2) is 119 Å². The molecule has 7 aromatic rings. The van der Waals surface area contributed by atoms with E-state index in [2.05, 4.69) is 166 Å². The van der Waals surface area contributed by atoms with Crippen LogP contribution in [0.5, 0.6) is 17.2 Å². The third kappa shape index (κ3) is 17.7. The van der Waals surface area contributed by atoms with Crippen LogP contribution in [0.2, 0.25) is 0 Å². The molecular formula is C67H89BrN6O4. The average Bonchev–Trinajstić information content (AvgIpc) is 3.50. The highest BCUT2D eigenvalue weighted by Gasteiger charge is 2.25. The second kappa shape index (κ2) is 31.8. The molecule has 0 bridgehead atoms. The van der Waals surface area contributed by atoms with Crippen LogP contribution >= 0.6 is 15.9 Å². The SMILES string of the molecule is Brc1ccc2ccccc2c1.CC1CCCCN1CCCN.CC1CCCCN1CCCNc1ccc2ccccc2c1.COc1cc(C(=O)N(CCCN2CCCCC2C)c2ccc3ccccc3c2)cc(OC)c1OC. The summed E-state index contributed by atoms with van der Waals surface area (Å²) in [7, 11) is 4.68. The van der Waals surface area contributed by atoms with Gasteiger partial charge in [-0.3, -0.25) is 4.79 Å². The molecule has 10 nitrogen and oxygen atoms in total. The maximum absolute atomic E-state index is 13.9. The van der Waals surface area contributed by atoms with Gasteiger partial charge in [0.2, 0.25) is 5.75 Å². The van der Waals surface area contributed by atoms with E-state index in [1.807, 2.05) is 23.1 Å². The predicted molar refractivity (Wildman–Crippen MR) is 333 cm³/mol. The Hall–Kier alpha value is -5.69. The van der Waals surface area contributed by atoms with E-state index in [1.54, 1.807) is 33.5 Å². The Balaban J connectivity index is 0.000000171. The summed E-state index contributed by atoms with van der Waals surface area (Å²) in [6, 6.07) is 49.8. The maximum Gasteiger partial charge on any atom is 0.258 e. The molecule has 0 saturated carbocycles. The molecule has 1 amide bonds. The highest BCUT2D eigenvalue weighted by Crippen LogP contribution is 2.39. The second-order valence-electron chi connectivity index (χ2n) is 21.4. The summed E-state index contributed by atoms with van der Waals surface area (Å²) in [5.74, 6) is 1.32. The van der Waals surface area contributed by atoms with Gasteiger partial charge in [0.05, 0.1) is 21.3 Å². The van der Waals surface area contributed by atoms with E-state index in [0.29, 0.717) is 35.4 Å². The summed E-state index contributed by atoms with van der Waals surface area (Å²) in [5.41, 5.74) is 8.08. The number of nitrogens with one attached hydrogen (secondary N) is 1. The van der Waals surface area contributed by atoms with E-state index in [4.69, 9.17) is 19.9 Å². The first-order valence-electron chi connectivity index (χ1n) is 29.0. The highest BCUT2D eigenvalue weighted by atomic mass is 79.9. The van der Waals surface area contributed by atoms with Gasteiger partial charge in [-0.1, -0.05) is 126 Å². The first kappa shape index (κ1) is 60.0. The number of nitrogens with two attached hydrogens (primary N) is 1. The van der Waals surface area contributed by atoms with E-state index in [-0.39, 0.29) is 5.91 Å². The fourth-order valence-corrected chi connectivity index (χ4v) is 11.6. The molecule has 3 heterocycles. The minimum absolute atomic E-state index is 0.0915. The van der Waals surface area contributed by atoms with E-state index >= 15 is 0 Å². The van der Waals surface area contributed by atoms with E-state index < -0.39 is 0 Å². The maximum atomic E-state index is 13.9. The molecule has 7 aromatic carbocycles. The van der Waals surface area contributed by atoms with Crippen molar-refractivity contribution in [3.8, 4) is 17.2 Å². The van der Waals surface area contributed by atoms with Crippen molar-refractivity contribution in [1.82, 2.24) is 14.7 Å². The number of halogens is 1. The zero-order valence-corrected chi connectivity index (χ0v) is 49.3. The van der Waals surface area contributed by atoms with Crippen molar-refractivity contribution in [2.24, 2.45) is 5.73 Å². The number of amides is 1. The molecule has 3 aliphatic heterocycles. The van der Waals surface area contributed by atoms with Crippen molar-refractivity contribution in [3.63, 3.8) is 0 Å². The summed E-state index contributed by atoms with van der Waals surface area (Å²) in [5, 5.41) is 11.0. The second-order valence-corrected chi connectivity index (χ2v) is 22.3.